The summed E-state index contributed by atoms with van der Waals surface area (Å²) < 4.78 is 0. The summed E-state index contributed by atoms with van der Waals surface area (Å²) >= 11 is 0. The molecule has 5 atom stereocenters. The molecule has 0 fully saturated rings. The van der Waals surface area contributed by atoms with E-state index in [9.17, 15) is 48.6 Å². The summed E-state index contributed by atoms with van der Waals surface area (Å²) in [5.74, 6) is -7.00. The molecule has 17 nitrogen and oxygen atoms in total. The lowest BCUT2D eigenvalue weighted by Gasteiger charge is -2.23. The molecule has 0 saturated heterocycles. The first-order chi connectivity index (χ1) is 26.1. The summed E-state index contributed by atoms with van der Waals surface area (Å²) in [4.78, 5) is 96.8. The molecule has 316 valence electrons. The lowest BCUT2D eigenvalue weighted by molar-refractivity contribution is -0.143. The second-order valence-electron chi connectivity index (χ2n) is 14.2. The van der Waals surface area contributed by atoms with Crippen LogP contribution in [0, 0.1) is 0 Å². The summed E-state index contributed by atoms with van der Waals surface area (Å²) in [6, 6.07) is -5.99. The van der Waals surface area contributed by atoms with Crippen molar-refractivity contribution in [1.82, 2.24) is 26.6 Å². The van der Waals surface area contributed by atoms with Gasteiger partial charge in [-0.1, -0.05) is 84.0 Å². The van der Waals surface area contributed by atoms with Crippen molar-refractivity contribution in [3.05, 3.63) is 0 Å². The molecule has 0 aromatic rings. The Kier molecular flexibility index (Phi) is 28.6. The van der Waals surface area contributed by atoms with E-state index in [2.05, 4.69) is 33.5 Å². The summed E-state index contributed by atoms with van der Waals surface area (Å²) in [6.07, 6.45) is 14.8. The first-order valence-corrected chi connectivity index (χ1v) is 20.0. The number of aliphatic carboxylic acids is 3. The van der Waals surface area contributed by atoms with E-state index in [1.54, 1.807) is 0 Å². The normalized spacial score (nSPS) is 13.7. The van der Waals surface area contributed by atoms with Gasteiger partial charge < -0.3 is 47.6 Å². The van der Waals surface area contributed by atoms with Crippen LogP contribution in [0.25, 0.3) is 0 Å². The number of rotatable bonds is 34. The minimum Gasteiger partial charge on any atom is -0.481 e. The summed E-state index contributed by atoms with van der Waals surface area (Å²) in [5.41, 5.74) is 5.52. The molecule has 0 unspecified atom stereocenters. The predicted octanol–water partition coefficient (Wildman–Crippen LogP) is 2.87. The van der Waals surface area contributed by atoms with Gasteiger partial charge >= 0.3 is 17.9 Å². The van der Waals surface area contributed by atoms with Crippen LogP contribution in [0.1, 0.15) is 156 Å². The van der Waals surface area contributed by atoms with Crippen LogP contribution in [0.4, 0.5) is 0 Å². The highest BCUT2D eigenvalue weighted by Gasteiger charge is 2.29. The van der Waals surface area contributed by atoms with E-state index in [4.69, 9.17) is 10.8 Å². The second-order valence-corrected chi connectivity index (χ2v) is 14.2. The monoisotopic (exact) mass is 784 g/mol. The Morgan fingerprint density at radius 3 is 1.49 bits per heavy atom. The molecule has 0 heterocycles. The molecule has 0 spiro atoms. The number of carboxylic acids is 3. The number of unbranched alkanes of at least 4 members (excludes halogenated alkanes) is 13. The summed E-state index contributed by atoms with van der Waals surface area (Å²) in [5, 5.41) is 40.2. The summed E-state index contributed by atoms with van der Waals surface area (Å²) in [6.45, 7) is 5.15. The van der Waals surface area contributed by atoms with Gasteiger partial charge in [0.2, 0.25) is 29.5 Å². The third-order valence-corrected chi connectivity index (χ3v) is 9.10. The first-order valence-electron chi connectivity index (χ1n) is 20.0. The maximum absolute atomic E-state index is 13.0. The van der Waals surface area contributed by atoms with Gasteiger partial charge in [0.15, 0.2) is 0 Å². The number of carbonyl (C=O) groups is 8. The van der Waals surface area contributed by atoms with E-state index in [1.165, 1.54) is 71.6 Å². The molecular weight excluding hydrogens is 716 g/mol. The molecule has 0 aromatic heterocycles. The Hall–Kier alpha value is -4.28. The first kappa shape index (κ1) is 50.7. The van der Waals surface area contributed by atoms with E-state index >= 15 is 0 Å². The number of hydrogen-bond acceptors (Lipinski definition) is 9. The zero-order valence-corrected chi connectivity index (χ0v) is 33.1. The largest absolute Gasteiger partial charge is 0.481 e. The number of nitrogens with one attached hydrogen (secondary N) is 5. The highest BCUT2D eigenvalue weighted by atomic mass is 16.4. The third kappa shape index (κ3) is 27.0. The van der Waals surface area contributed by atoms with Gasteiger partial charge in [-0.25, -0.2) is 9.59 Å². The van der Waals surface area contributed by atoms with Crippen LogP contribution in [-0.4, -0.2) is 99.5 Å². The smallest absolute Gasteiger partial charge is 0.326 e. The maximum Gasteiger partial charge on any atom is 0.326 e. The number of carbonyl (C=O) groups excluding carboxylic acids is 5. The van der Waals surface area contributed by atoms with Crippen LogP contribution in [0.15, 0.2) is 0 Å². The van der Waals surface area contributed by atoms with Gasteiger partial charge in [-0.3, -0.25) is 28.8 Å². The molecule has 0 rings (SSSR count). The predicted molar refractivity (Wildman–Crippen MR) is 206 cm³/mol. The van der Waals surface area contributed by atoms with Crippen molar-refractivity contribution in [3.8, 4) is 0 Å². The average molecular weight is 785 g/mol. The van der Waals surface area contributed by atoms with Crippen molar-refractivity contribution >= 4 is 47.4 Å². The Morgan fingerprint density at radius 2 is 0.982 bits per heavy atom. The van der Waals surface area contributed by atoms with Gasteiger partial charge in [-0.05, 0) is 52.4 Å². The van der Waals surface area contributed by atoms with Crippen LogP contribution in [0.2, 0.25) is 0 Å². The van der Waals surface area contributed by atoms with Gasteiger partial charge in [0, 0.05) is 25.8 Å². The fourth-order valence-electron chi connectivity index (χ4n) is 5.67. The highest BCUT2D eigenvalue weighted by molar-refractivity contribution is 5.94. The fraction of sp³-hybridized carbons (Fsp3) is 0.789. The SMILES string of the molecule is CCCCCCCCCCCCCCCC(=O)N[C@@H](CCC(=O)NCCCC[C@H](NC(=O)[C@H](C)NC(=O)[C@H](C)N)C(=O)N[C@@H](CCC(=O)O)C(=O)O)C(=O)O. The van der Waals surface area contributed by atoms with Gasteiger partial charge in [0.1, 0.15) is 24.2 Å². The molecule has 5 amide bonds. The van der Waals surface area contributed by atoms with Crippen molar-refractivity contribution in [2.24, 2.45) is 5.73 Å². The van der Waals surface area contributed by atoms with E-state index in [0.717, 1.165) is 19.3 Å². The number of amides is 5. The zero-order chi connectivity index (χ0) is 41.6. The Labute approximate surface area is 325 Å². The number of carboxylic acid groups (broad SMARTS) is 3. The van der Waals surface area contributed by atoms with E-state index < -0.39 is 84.6 Å². The standard InChI is InChI=1S/C38H68N6O11/c1-4-5-6-7-8-9-10-11-12-13-14-15-16-20-32(46)42-29(37(52)53)21-23-31(45)40-25-18-17-19-28(43-35(50)27(3)41-34(49)26(2)39)36(51)44-30(38(54)55)22-24-33(47)48/h26-30H,4-25,39H2,1-3H3,(H,40,45)(H,41,49)(H,42,46)(H,43,50)(H,44,51)(H,47,48)(H,52,53)(H,54,55)/t26-,27-,28-,29-,30-/m0/s1. The van der Waals surface area contributed by atoms with Crippen molar-refractivity contribution in [2.75, 3.05) is 6.54 Å². The minimum absolute atomic E-state index is 0.000947. The minimum atomic E-state index is -1.53. The Balaban J connectivity index is 4.70. The van der Waals surface area contributed by atoms with Crippen LogP contribution < -0.4 is 32.3 Å². The second kappa shape index (κ2) is 31.0. The Morgan fingerprint density at radius 1 is 0.491 bits per heavy atom. The molecule has 0 aliphatic heterocycles. The van der Waals surface area contributed by atoms with Gasteiger partial charge in [0.05, 0.1) is 6.04 Å². The van der Waals surface area contributed by atoms with E-state index in [1.807, 2.05) is 0 Å². The topological polar surface area (TPSA) is 283 Å². The Bertz CT molecular complexity index is 1200. The van der Waals surface area contributed by atoms with Crippen LogP contribution in [-0.2, 0) is 38.4 Å². The number of nitrogens with two attached hydrogens (primary N) is 1. The number of hydrogen-bond donors (Lipinski definition) is 9. The van der Waals surface area contributed by atoms with Crippen molar-refractivity contribution in [2.45, 2.75) is 186 Å². The van der Waals surface area contributed by atoms with Crippen molar-refractivity contribution in [3.63, 3.8) is 0 Å². The molecule has 0 aromatic carbocycles. The molecule has 0 radical (unpaired) electrons. The molecular formula is C38H68N6O11. The molecule has 0 saturated carbocycles. The van der Waals surface area contributed by atoms with E-state index in [-0.39, 0.29) is 44.6 Å². The van der Waals surface area contributed by atoms with Gasteiger partial charge in [-0.2, -0.15) is 0 Å². The molecule has 55 heavy (non-hydrogen) atoms. The highest BCUT2D eigenvalue weighted by Crippen LogP contribution is 2.13. The van der Waals surface area contributed by atoms with Gasteiger partial charge in [-0.15, -0.1) is 0 Å². The quantitative estimate of drug-likeness (QED) is 0.0426. The van der Waals surface area contributed by atoms with Crippen LogP contribution in [0.5, 0.6) is 0 Å². The molecule has 10 N–H and O–H groups in total. The zero-order valence-electron chi connectivity index (χ0n) is 33.1. The van der Waals surface area contributed by atoms with Crippen molar-refractivity contribution < 1.29 is 53.7 Å². The van der Waals surface area contributed by atoms with Crippen molar-refractivity contribution in [1.29, 1.82) is 0 Å². The fourth-order valence-corrected chi connectivity index (χ4v) is 5.67. The molecule has 0 aliphatic carbocycles. The van der Waals surface area contributed by atoms with Gasteiger partial charge in [0.25, 0.3) is 0 Å². The van der Waals surface area contributed by atoms with Crippen LogP contribution in [0.3, 0.4) is 0 Å². The average Bonchev–Trinajstić information content (AvgIpc) is 3.12. The maximum atomic E-state index is 13.0. The summed E-state index contributed by atoms with van der Waals surface area (Å²) in [7, 11) is 0. The van der Waals surface area contributed by atoms with Crippen LogP contribution >= 0.6 is 0 Å². The molecule has 0 aliphatic rings. The molecule has 0 bridgehead atoms. The van der Waals surface area contributed by atoms with E-state index in [0.29, 0.717) is 12.8 Å². The molecule has 17 heteroatoms. The lowest BCUT2D eigenvalue weighted by atomic mass is 10.0. The lowest BCUT2D eigenvalue weighted by Crippen LogP contribution is -2.56. The third-order valence-electron chi connectivity index (χ3n) is 9.10.